The Morgan fingerprint density at radius 1 is 1.20 bits per heavy atom. The number of nitrogens with two attached hydrogens (primary N) is 1. The van der Waals surface area contributed by atoms with Gasteiger partial charge in [-0.15, -0.1) is 0 Å². The summed E-state index contributed by atoms with van der Waals surface area (Å²) in [6, 6.07) is 6.19. The molecule has 0 saturated heterocycles. The van der Waals surface area contributed by atoms with Crippen LogP contribution in [0.2, 0.25) is 0 Å². The zero-order valence-electron chi connectivity index (χ0n) is 5.27. The Hall–Kier alpha value is 0.640. The first-order valence-electron chi connectivity index (χ1n) is 2.88. The highest BCUT2D eigenvalue weighted by Crippen LogP contribution is 2.17. The number of hydrogen-bond acceptors (Lipinski definition) is 1. The summed E-state index contributed by atoms with van der Waals surface area (Å²) >= 11 is 4.60. The third-order valence-electron chi connectivity index (χ3n) is 1.27. The molecule has 1 aromatic carbocycles. The largest absolute Gasteiger partial charge is 0.326 e. The van der Waals surface area contributed by atoms with Crippen LogP contribution in [-0.4, -0.2) is 0 Å². The Kier molecular flexibility index (Phi) is 3.38. The van der Waals surface area contributed by atoms with Crippen LogP contribution in [0, 0.1) is 7.14 Å². The molecule has 1 nitrogen and oxygen atoms in total. The fourth-order valence-electron chi connectivity index (χ4n) is 0.727. The molecule has 0 aliphatic carbocycles. The molecular formula is C7H7I2N. The summed E-state index contributed by atoms with van der Waals surface area (Å²) in [5, 5.41) is 0. The lowest BCUT2D eigenvalue weighted by Gasteiger charge is -2.02. The van der Waals surface area contributed by atoms with E-state index in [9.17, 15) is 0 Å². The molecule has 0 spiro atoms. The molecule has 0 heterocycles. The Morgan fingerprint density at radius 2 is 1.70 bits per heavy atom. The van der Waals surface area contributed by atoms with Crippen LogP contribution in [0.1, 0.15) is 5.56 Å². The second-order valence-electron chi connectivity index (χ2n) is 1.90. The first kappa shape index (κ1) is 8.73. The van der Waals surface area contributed by atoms with Crippen molar-refractivity contribution in [1.29, 1.82) is 0 Å². The third kappa shape index (κ3) is 1.82. The van der Waals surface area contributed by atoms with Crippen molar-refractivity contribution in [3.05, 3.63) is 30.9 Å². The first-order chi connectivity index (χ1) is 4.75. The normalized spacial score (nSPS) is 9.90. The third-order valence-corrected chi connectivity index (χ3v) is 3.29. The summed E-state index contributed by atoms with van der Waals surface area (Å²) in [5.74, 6) is 0. The first-order valence-corrected chi connectivity index (χ1v) is 5.04. The van der Waals surface area contributed by atoms with Crippen LogP contribution < -0.4 is 5.73 Å². The van der Waals surface area contributed by atoms with E-state index >= 15 is 0 Å². The van der Waals surface area contributed by atoms with Gasteiger partial charge in [-0.2, -0.15) is 0 Å². The van der Waals surface area contributed by atoms with Crippen LogP contribution in [0.15, 0.2) is 18.2 Å². The van der Waals surface area contributed by atoms with Crippen LogP contribution in [0.25, 0.3) is 0 Å². The zero-order valence-corrected chi connectivity index (χ0v) is 9.59. The van der Waals surface area contributed by atoms with Crippen LogP contribution in [0.4, 0.5) is 0 Å². The summed E-state index contributed by atoms with van der Waals surface area (Å²) in [7, 11) is 0. The molecule has 3 heteroatoms. The fraction of sp³-hybridized carbons (Fsp3) is 0.143. The van der Waals surface area contributed by atoms with Gasteiger partial charge in [0.05, 0.1) is 0 Å². The smallest absolute Gasteiger partial charge is 0.0199 e. The molecule has 1 rings (SSSR count). The van der Waals surface area contributed by atoms with Gasteiger partial charge in [-0.1, -0.05) is 6.07 Å². The number of hydrogen-bond donors (Lipinski definition) is 1. The van der Waals surface area contributed by atoms with Crippen molar-refractivity contribution < 1.29 is 0 Å². The molecular weight excluding hydrogens is 352 g/mol. The maximum atomic E-state index is 5.54. The van der Waals surface area contributed by atoms with Gasteiger partial charge in [0.15, 0.2) is 0 Å². The zero-order chi connectivity index (χ0) is 7.56. The number of rotatable bonds is 1. The van der Waals surface area contributed by atoms with Crippen molar-refractivity contribution in [2.75, 3.05) is 0 Å². The molecule has 0 fully saturated rings. The van der Waals surface area contributed by atoms with E-state index < -0.39 is 0 Å². The molecule has 0 amide bonds. The number of benzene rings is 1. The summed E-state index contributed by atoms with van der Waals surface area (Å²) in [6.45, 7) is 0.636. The summed E-state index contributed by atoms with van der Waals surface area (Å²) in [6.07, 6.45) is 0. The Labute approximate surface area is 87.7 Å². The summed E-state index contributed by atoms with van der Waals surface area (Å²) in [5.41, 5.74) is 6.80. The van der Waals surface area contributed by atoms with Gasteiger partial charge in [-0.05, 0) is 62.9 Å². The monoisotopic (exact) mass is 359 g/mol. The van der Waals surface area contributed by atoms with E-state index in [1.165, 1.54) is 12.7 Å². The molecule has 54 valence electrons. The highest BCUT2D eigenvalue weighted by atomic mass is 127. The molecule has 0 aromatic heterocycles. The minimum absolute atomic E-state index is 0.636. The van der Waals surface area contributed by atoms with Gasteiger partial charge in [0.25, 0.3) is 0 Å². The van der Waals surface area contributed by atoms with Crippen molar-refractivity contribution in [3.63, 3.8) is 0 Å². The molecule has 1 aromatic rings. The van der Waals surface area contributed by atoms with E-state index in [0.717, 1.165) is 0 Å². The van der Waals surface area contributed by atoms with E-state index in [-0.39, 0.29) is 0 Å². The predicted molar refractivity (Wildman–Crippen MR) is 59.8 cm³/mol. The molecule has 0 bridgehead atoms. The average Bonchev–Trinajstić information content (AvgIpc) is 1.88. The maximum Gasteiger partial charge on any atom is 0.0199 e. The van der Waals surface area contributed by atoms with Crippen LogP contribution in [0.5, 0.6) is 0 Å². The maximum absolute atomic E-state index is 5.54. The second kappa shape index (κ2) is 3.87. The van der Waals surface area contributed by atoms with E-state index in [1.54, 1.807) is 0 Å². The quantitative estimate of drug-likeness (QED) is 0.766. The van der Waals surface area contributed by atoms with Crippen LogP contribution in [0.3, 0.4) is 0 Å². The van der Waals surface area contributed by atoms with Crippen molar-refractivity contribution in [1.82, 2.24) is 0 Å². The topological polar surface area (TPSA) is 26.0 Å². The van der Waals surface area contributed by atoms with E-state index in [1.807, 2.05) is 6.07 Å². The predicted octanol–water partition coefficient (Wildman–Crippen LogP) is 2.35. The average molecular weight is 359 g/mol. The SMILES string of the molecule is NCc1c(I)cccc1I. The Morgan fingerprint density at radius 3 is 2.00 bits per heavy atom. The fourth-order valence-corrected chi connectivity index (χ4v) is 2.68. The summed E-state index contributed by atoms with van der Waals surface area (Å²) < 4.78 is 2.51. The molecule has 0 saturated carbocycles. The molecule has 2 N–H and O–H groups in total. The van der Waals surface area contributed by atoms with Crippen molar-refractivity contribution in [3.8, 4) is 0 Å². The van der Waals surface area contributed by atoms with Crippen molar-refractivity contribution in [2.45, 2.75) is 6.54 Å². The highest BCUT2D eigenvalue weighted by Gasteiger charge is 1.99. The highest BCUT2D eigenvalue weighted by molar-refractivity contribution is 14.1. The number of halogens is 2. The van der Waals surface area contributed by atoms with Gasteiger partial charge >= 0.3 is 0 Å². The van der Waals surface area contributed by atoms with Gasteiger partial charge in [-0.25, -0.2) is 0 Å². The standard InChI is InChI=1S/C7H7I2N/c8-6-2-1-3-7(9)5(6)4-10/h1-3H,4,10H2. The second-order valence-corrected chi connectivity index (χ2v) is 4.23. The lowest BCUT2D eigenvalue weighted by Crippen LogP contribution is -2.01. The molecule has 0 aliphatic heterocycles. The van der Waals surface area contributed by atoms with Gasteiger partial charge in [0.1, 0.15) is 0 Å². The lowest BCUT2D eigenvalue weighted by atomic mass is 10.2. The van der Waals surface area contributed by atoms with Gasteiger partial charge in [0, 0.05) is 13.7 Å². The molecule has 0 atom stereocenters. The minimum Gasteiger partial charge on any atom is -0.326 e. The van der Waals surface area contributed by atoms with Gasteiger partial charge < -0.3 is 5.73 Å². The lowest BCUT2D eigenvalue weighted by molar-refractivity contribution is 1.05. The molecule has 10 heavy (non-hydrogen) atoms. The van der Waals surface area contributed by atoms with E-state index in [0.29, 0.717) is 6.54 Å². The Balaban J connectivity index is 3.17. The van der Waals surface area contributed by atoms with Crippen LogP contribution >= 0.6 is 45.2 Å². The molecule has 0 radical (unpaired) electrons. The van der Waals surface area contributed by atoms with E-state index in [2.05, 4.69) is 57.3 Å². The Bertz CT molecular complexity index is 215. The van der Waals surface area contributed by atoms with Gasteiger partial charge in [0.2, 0.25) is 0 Å². The van der Waals surface area contributed by atoms with E-state index in [4.69, 9.17) is 5.73 Å². The van der Waals surface area contributed by atoms with Gasteiger partial charge in [-0.3, -0.25) is 0 Å². The van der Waals surface area contributed by atoms with Crippen molar-refractivity contribution in [2.24, 2.45) is 5.73 Å². The minimum atomic E-state index is 0.636. The van der Waals surface area contributed by atoms with Crippen LogP contribution in [-0.2, 0) is 6.54 Å². The molecule has 0 aliphatic rings. The van der Waals surface area contributed by atoms with Crippen molar-refractivity contribution >= 4 is 45.2 Å². The molecule has 0 unspecified atom stereocenters. The summed E-state index contributed by atoms with van der Waals surface area (Å²) in [4.78, 5) is 0.